The third-order valence-corrected chi connectivity index (χ3v) is 7.02. The smallest absolute Gasteiger partial charge is 0.226 e. The summed E-state index contributed by atoms with van der Waals surface area (Å²) < 4.78 is 13.2. The van der Waals surface area contributed by atoms with Crippen molar-refractivity contribution < 1.29 is 14.0 Å². The average Bonchev–Trinajstić information content (AvgIpc) is 2.90. The third kappa shape index (κ3) is 6.78. The van der Waals surface area contributed by atoms with E-state index in [0.29, 0.717) is 51.7 Å². The highest BCUT2D eigenvalue weighted by molar-refractivity contribution is 5.84. The summed E-state index contributed by atoms with van der Waals surface area (Å²) in [5.41, 5.74) is 2.74. The number of halogens is 1. The Morgan fingerprint density at radius 2 is 1.34 bits per heavy atom. The van der Waals surface area contributed by atoms with E-state index >= 15 is 0 Å². The molecule has 1 heterocycles. The summed E-state index contributed by atoms with van der Waals surface area (Å²) in [7, 11) is 0. The zero-order chi connectivity index (χ0) is 24.5. The molecule has 4 nitrogen and oxygen atoms in total. The van der Waals surface area contributed by atoms with E-state index in [9.17, 15) is 14.0 Å². The predicted molar refractivity (Wildman–Crippen MR) is 136 cm³/mol. The first-order chi connectivity index (χ1) is 17.0. The van der Waals surface area contributed by atoms with Crippen LogP contribution in [-0.2, 0) is 28.9 Å². The molecule has 2 amide bonds. The monoisotopic (exact) mass is 472 g/mol. The summed E-state index contributed by atoms with van der Waals surface area (Å²) in [4.78, 5) is 28.3. The molecule has 1 fully saturated rings. The van der Waals surface area contributed by atoms with Crippen LogP contribution in [0.2, 0.25) is 0 Å². The van der Waals surface area contributed by atoms with Crippen LogP contribution in [-0.4, -0.2) is 36.3 Å². The van der Waals surface area contributed by atoms with Crippen LogP contribution in [0.1, 0.15) is 36.0 Å². The lowest BCUT2D eigenvalue weighted by molar-refractivity contribution is -0.140. The van der Waals surface area contributed by atoms with E-state index in [1.54, 1.807) is 12.1 Å². The van der Waals surface area contributed by atoms with Crippen LogP contribution in [0.15, 0.2) is 84.9 Å². The van der Waals surface area contributed by atoms with Crippen LogP contribution >= 0.6 is 0 Å². The number of nitrogens with one attached hydrogen (secondary N) is 1. The Morgan fingerprint density at radius 1 is 0.771 bits per heavy atom. The van der Waals surface area contributed by atoms with Crippen LogP contribution in [0, 0.1) is 11.2 Å². The first-order valence-electron chi connectivity index (χ1n) is 12.4. The molecule has 1 saturated heterocycles. The highest BCUT2D eigenvalue weighted by atomic mass is 19.1. The number of likely N-dealkylation sites (tertiary alicyclic amines) is 1. The Balaban J connectivity index is 1.36. The number of carbonyl (C=O) groups is 2. The maximum Gasteiger partial charge on any atom is 0.226 e. The molecule has 182 valence electrons. The van der Waals surface area contributed by atoms with Crippen molar-refractivity contribution in [3.8, 4) is 0 Å². The number of aryl methyl sites for hydroxylation is 1. The van der Waals surface area contributed by atoms with E-state index in [1.807, 2.05) is 53.4 Å². The van der Waals surface area contributed by atoms with Gasteiger partial charge in [-0.3, -0.25) is 9.59 Å². The molecule has 1 N–H and O–H groups in total. The van der Waals surface area contributed by atoms with Gasteiger partial charge in [0.15, 0.2) is 0 Å². The van der Waals surface area contributed by atoms with Gasteiger partial charge in [0, 0.05) is 26.1 Å². The molecule has 0 unspecified atom stereocenters. The van der Waals surface area contributed by atoms with Gasteiger partial charge < -0.3 is 10.2 Å². The number of nitrogens with zero attached hydrogens (tertiary/aromatic N) is 1. The normalized spacial score (nSPS) is 14.9. The van der Waals surface area contributed by atoms with Crippen LogP contribution in [0.4, 0.5) is 4.39 Å². The molecule has 1 aliphatic heterocycles. The molecule has 0 aromatic heterocycles. The number of benzene rings is 3. The SMILES string of the molecule is O=C(CCc1ccccc1)N1CCC(Cc2ccccc2)(C(=O)NCCc2ccc(F)cc2)CC1. The molecule has 4 rings (SSSR count). The fraction of sp³-hybridized carbons (Fsp3) is 0.333. The lowest BCUT2D eigenvalue weighted by Crippen LogP contribution is -2.51. The van der Waals surface area contributed by atoms with Gasteiger partial charge >= 0.3 is 0 Å². The average molecular weight is 473 g/mol. The molecule has 1 aliphatic rings. The predicted octanol–water partition coefficient (Wildman–Crippen LogP) is 4.97. The molecule has 0 saturated carbocycles. The van der Waals surface area contributed by atoms with Crippen molar-refractivity contribution in [3.05, 3.63) is 107 Å². The molecule has 5 heteroatoms. The number of hydrogen-bond acceptors (Lipinski definition) is 2. The van der Waals surface area contributed by atoms with Crippen molar-refractivity contribution in [2.75, 3.05) is 19.6 Å². The number of carbonyl (C=O) groups excluding carboxylic acids is 2. The summed E-state index contributed by atoms with van der Waals surface area (Å²) >= 11 is 0. The summed E-state index contributed by atoms with van der Waals surface area (Å²) in [6.45, 7) is 1.68. The maximum atomic E-state index is 13.5. The third-order valence-electron chi connectivity index (χ3n) is 7.02. The Hall–Kier alpha value is -3.47. The standard InChI is InChI=1S/C30H33FN2O2/c31-27-14-11-25(12-15-27)17-20-32-29(35)30(23-26-9-5-2-6-10-26)18-21-33(22-19-30)28(34)16-13-24-7-3-1-4-8-24/h1-12,14-15H,13,16-23H2,(H,32,35). The molecular weight excluding hydrogens is 439 g/mol. The molecule has 3 aromatic carbocycles. The van der Waals surface area contributed by atoms with E-state index in [-0.39, 0.29) is 17.6 Å². The van der Waals surface area contributed by atoms with E-state index in [2.05, 4.69) is 17.4 Å². The number of hydrogen-bond donors (Lipinski definition) is 1. The molecule has 0 atom stereocenters. The molecule has 0 bridgehead atoms. The van der Waals surface area contributed by atoms with Gasteiger partial charge in [-0.25, -0.2) is 4.39 Å². The van der Waals surface area contributed by atoms with Crippen LogP contribution in [0.5, 0.6) is 0 Å². The van der Waals surface area contributed by atoms with Gasteiger partial charge in [-0.1, -0.05) is 72.8 Å². The minimum absolute atomic E-state index is 0.0415. The van der Waals surface area contributed by atoms with E-state index in [0.717, 1.165) is 23.1 Å². The van der Waals surface area contributed by atoms with Gasteiger partial charge in [-0.05, 0) is 60.9 Å². The van der Waals surface area contributed by atoms with E-state index in [4.69, 9.17) is 0 Å². The summed E-state index contributed by atoms with van der Waals surface area (Å²) in [5.74, 6) is -0.0663. The molecular formula is C30H33FN2O2. The fourth-order valence-electron chi connectivity index (χ4n) is 4.87. The second kappa shape index (κ2) is 11.8. The first kappa shape index (κ1) is 24.6. The van der Waals surface area contributed by atoms with Crippen molar-refractivity contribution in [2.24, 2.45) is 5.41 Å². The quantitative estimate of drug-likeness (QED) is 0.478. The number of rotatable bonds is 9. The van der Waals surface area contributed by atoms with Gasteiger partial charge in [0.1, 0.15) is 5.82 Å². The second-order valence-corrected chi connectivity index (χ2v) is 9.44. The van der Waals surface area contributed by atoms with Crippen molar-refractivity contribution in [1.82, 2.24) is 10.2 Å². The largest absolute Gasteiger partial charge is 0.355 e. The minimum atomic E-state index is -0.541. The van der Waals surface area contributed by atoms with E-state index < -0.39 is 5.41 Å². The topological polar surface area (TPSA) is 49.4 Å². The number of piperidine rings is 1. The summed E-state index contributed by atoms with van der Waals surface area (Å²) in [5, 5.41) is 3.13. The lowest BCUT2D eigenvalue weighted by Gasteiger charge is -2.41. The molecule has 0 radical (unpaired) electrons. The van der Waals surface area contributed by atoms with Crippen molar-refractivity contribution >= 4 is 11.8 Å². The lowest BCUT2D eigenvalue weighted by atomic mass is 9.72. The van der Waals surface area contributed by atoms with Gasteiger partial charge in [-0.2, -0.15) is 0 Å². The zero-order valence-corrected chi connectivity index (χ0v) is 20.1. The fourth-order valence-corrected chi connectivity index (χ4v) is 4.87. The van der Waals surface area contributed by atoms with Crippen LogP contribution < -0.4 is 5.32 Å². The van der Waals surface area contributed by atoms with Gasteiger partial charge in [0.05, 0.1) is 5.41 Å². The molecule has 3 aromatic rings. The summed E-state index contributed by atoms with van der Waals surface area (Å²) in [6, 6.07) is 26.5. The highest BCUT2D eigenvalue weighted by Gasteiger charge is 2.42. The van der Waals surface area contributed by atoms with Crippen molar-refractivity contribution in [2.45, 2.75) is 38.5 Å². The Kier molecular flexibility index (Phi) is 8.30. The highest BCUT2D eigenvalue weighted by Crippen LogP contribution is 2.36. The van der Waals surface area contributed by atoms with Gasteiger partial charge in [0.25, 0.3) is 0 Å². The number of amides is 2. The van der Waals surface area contributed by atoms with Crippen LogP contribution in [0.3, 0.4) is 0 Å². The molecule has 0 aliphatic carbocycles. The molecule has 0 spiro atoms. The Bertz CT molecular complexity index is 1090. The maximum absolute atomic E-state index is 13.5. The van der Waals surface area contributed by atoms with Gasteiger partial charge in [-0.15, -0.1) is 0 Å². The van der Waals surface area contributed by atoms with Crippen LogP contribution in [0.25, 0.3) is 0 Å². The van der Waals surface area contributed by atoms with Gasteiger partial charge in [0.2, 0.25) is 11.8 Å². The van der Waals surface area contributed by atoms with Crippen molar-refractivity contribution in [3.63, 3.8) is 0 Å². The van der Waals surface area contributed by atoms with E-state index in [1.165, 1.54) is 12.1 Å². The zero-order valence-electron chi connectivity index (χ0n) is 20.1. The van der Waals surface area contributed by atoms with Crippen molar-refractivity contribution in [1.29, 1.82) is 0 Å². The Morgan fingerprint density at radius 3 is 1.97 bits per heavy atom. The second-order valence-electron chi connectivity index (χ2n) is 9.44. The Labute approximate surface area is 207 Å². The minimum Gasteiger partial charge on any atom is -0.355 e. The summed E-state index contributed by atoms with van der Waals surface area (Å²) in [6.07, 6.45) is 3.80. The first-order valence-corrected chi connectivity index (χ1v) is 12.4. The molecule has 35 heavy (non-hydrogen) atoms.